The van der Waals surface area contributed by atoms with E-state index >= 15 is 0 Å². The van der Waals surface area contributed by atoms with Gasteiger partial charge < -0.3 is 11.5 Å². The Labute approximate surface area is 125 Å². The first kappa shape index (κ1) is 14.5. The molecule has 2 rings (SSSR count). The molecule has 0 saturated heterocycles. The number of rotatable bonds is 3. The Bertz CT molecular complexity index is 638. The van der Waals surface area contributed by atoms with E-state index < -0.39 is 0 Å². The van der Waals surface area contributed by atoms with Crippen molar-refractivity contribution in [2.75, 3.05) is 4.90 Å². The van der Waals surface area contributed by atoms with Crippen LogP contribution in [0.5, 0.6) is 0 Å². The zero-order valence-electron chi connectivity index (χ0n) is 10.7. The normalized spacial score (nSPS) is 10.3. The largest absolute Gasteiger partial charge is 0.376 e. The number of thiocarbonyl (C=S) groups is 1. The number of hydrogen-bond acceptors (Lipinski definition) is 6. The van der Waals surface area contributed by atoms with Crippen LogP contribution in [0.3, 0.4) is 0 Å². The van der Waals surface area contributed by atoms with Crippen LogP contribution >= 0.6 is 23.8 Å². The van der Waals surface area contributed by atoms with Gasteiger partial charge in [-0.1, -0.05) is 16.6 Å². The van der Waals surface area contributed by atoms with E-state index in [1.54, 1.807) is 19.1 Å². The first-order valence-electron chi connectivity index (χ1n) is 5.76. The van der Waals surface area contributed by atoms with Crippen molar-refractivity contribution in [2.24, 2.45) is 11.5 Å². The number of aromatic nitrogens is 2. The highest BCUT2D eigenvalue weighted by molar-refractivity contribution is 7.80. The second kappa shape index (κ2) is 6.04. The van der Waals surface area contributed by atoms with Crippen LogP contribution in [0.1, 0.15) is 20.9 Å². The zero-order valence-corrected chi connectivity index (χ0v) is 12.4. The van der Waals surface area contributed by atoms with Gasteiger partial charge in [-0.25, -0.2) is 0 Å². The van der Waals surface area contributed by atoms with E-state index in [0.717, 1.165) is 17.1 Å². The Morgan fingerprint density at radius 2 is 2.05 bits per heavy atom. The van der Waals surface area contributed by atoms with E-state index in [1.807, 2.05) is 12.1 Å². The van der Waals surface area contributed by atoms with E-state index in [9.17, 15) is 4.79 Å². The fraction of sp³-hybridized carbons (Fsp3) is 0.167. The van der Waals surface area contributed by atoms with Crippen molar-refractivity contribution in [1.29, 1.82) is 0 Å². The van der Waals surface area contributed by atoms with Gasteiger partial charge in [-0.05, 0) is 48.4 Å². The summed E-state index contributed by atoms with van der Waals surface area (Å²) in [6.07, 6.45) is 0. The third kappa shape index (κ3) is 2.82. The molecule has 0 aliphatic heterocycles. The van der Waals surface area contributed by atoms with Crippen molar-refractivity contribution in [1.82, 2.24) is 9.59 Å². The molecule has 0 saturated carbocycles. The highest BCUT2D eigenvalue weighted by Gasteiger charge is 2.24. The zero-order chi connectivity index (χ0) is 14.7. The highest BCUT2D eigenvalue weighted by atomic mass is 32.1. The van der Waals surface area contributed by atoms with Crippen molar-refractivity contribution in [2.45, 2.75) is 13.5 Å². The second-order valence-corrected chi connectivity index (χ2v) is 5.21. The number of carbonyl (C=O) groups excluding carboxylic acids is 1. The SMILES string of the molecule is Cc1nnsc1C(=O)N(C(N)=S)c1ccc(CN)cc1. The third-order valence-corrected chi connectivity index (χ3v) is 3.70. The highest BCUT2D eigenvalue weighted by Crippen LogP contribution is 2.20. The molecule has 0 fully saturated rings. The molecule has 1 amide bonds. The number of amides is 1. The molecule has 0 spiro atoms. The van der Waals surface area contributed by atoms with Gasteiger partial charge in [0.1, 0.15) is 4.88 Å². The molecule has 20 heavy (non-hydrogen) atoms. The number of nitrogens with zero attached hydrogens (tertiary/aromatic N) is 3. The Hall–Kier alpha value is -1.90. The molecule has 0 radical (unpaired) electrons. The molecule has 6 nitrogen and oxygen atoms in total. The van der Waals surface area contributed by atoms with Gasteiger partial charge in [0.15, 0.2) is 5.11 Å². The Kier molecular flexibility index (Phi) is 4.38. The van der Waals surface area contributed by atoms with Crippen LogP contribution in [0.4, 0.5) is 5.69 Å². The van der Waals surface area contributed by atoms with Gasteiger partial charge in [0.05, 0.1) is 11.4 Å². The molecule has 1 heterocycles. The fourth-order valence-electron chi connectivity index (χ4n) is 1.65. The predicted molar refractivity (Wildman–Crippen MR) is 82.6 cm³/mol. The van der Waals surface area contributed by atoms with Crippen molar-refractivity contribution in [3.8, 4) is 0 Å². The van der Waals surface area contributed by atoms with Crippen molar-refractivity contribution in [3.05, 3.63) is 40.4 Å². The summed E-state index contributed by atoms with van der Waals surface area (Å²) in [5.41, 5.74) is 13.3. The monoisotopic (exact) mass is 307 g/mol. The number of aryl methyl sites for hydroxylation is 1. The van der Waals surface area contributed by atoms with Crippen molar-refractivity contribution < 1.29 is 4.79 Å². The third-order valence-electron chi connectivity index (χ3n) is 2.70. The maximum Gasteiger partial charge on any atom is 0.278 e. The standard InChI is InChI=1S/C12H13N5OS2/c1-7-10(20-16-15-7)11(18)17(12(14)19)9-4-2-8(6-13)3-5-9/h2-5H,6,13H2,1H3,(H2,14,19). The molecule has 0 aliphatic carbocycles. The number of carbonyl (C=O) groups is 1. The van der Waals surface area contributed by atoms with E-state index in [0.29, 0.717) is 22.8 Å². The minimum Gasteiger partial charge on any atom is -0.376 e. The molecule has 1 aromatic heterocycles. The molecule has 2 aromatic rings. The number of nitrogens with two attached hydrogens (primary N) is 2. The minimum absolute atomic E-state index is 0.0247. The van der Waals surface area contributed by atoms with Crippen LogP contribution < -0.4 is 16.4 Å². The van der Waals surface area contributed by atoms with Crippen molar-refractivity contribution >= 4 is 40.5 Å². The lowest BCUT2D eigenvalue weighted by atomic mass is 10.2. The predicted octanol–water partition coefficient (Wildman–Crippen LogP) is 1.20. The van der Waals surface area contributed by atoms with Gasteiger partial charge in [-0.3, -0.25) is 9.69 Å². The molecule has 8 heteroatoms. The quantitative estimate of drug-likeness (QED) is 0.827. The lowest BCUT2D eigenvalue weighted by Crippen LogP contribution is -2.40. The summed E-state index contributed by atoms with van der Waals surface area (Å²) in [5.74, 6) is -0.328. The second-order valence-electron chi connectivity index (χ2n) is 4.04. The summed E-state index contributed by atoms with van der Waals surface area (Å²) >= 11 is 5.99. The van der Waals surface area contributed by atoms with Gasteiger partial charge in [-0.15, -0.1) is 5.10 Å². The van der Waals surface area contributed by atoms with Crippen LogP contribution in [0.25, 0.3) is 0 Å². The average molecular weight is 307 g/mol. The van der Waals surface area contributed by atoms with Crippen LogP contribution in [0.2, 0.25) is 0 Å². The summed E-state index contributed by atoms with van der Waals surface area (Å²) in [6.45, 7) is 2.14. The maximum atomic E-state index is 12.5. The molecule has 1 aromatic carbocycles. The summed E-state index contributed by atoms with van der Waals surface area (Å²) in [7, 11) is 0. The summed E-state index contributed by atoms with van der Waals surface area (Å²) < 4.78 is 3.75. The number of hydrogen-bond donors (Lipinski definition) is 2. The number of anilines is 1. The smallest absolute Gasteiger partial charge is 0.278 e. The van der Waals surface area contributed by atoms with Gasteiger partial charge >= 0.3 is 0 Å². The average Bonchev–Trinajstić information content (AvgIpc) is 2.85. The topological polar surface area (TPSA) is 98.1 Å². The fourth-order valence-corrected chi connectivity index (χ4v) is 2.43. The van der Waals surface area contributed by atoms with E-state index in [-0.39, 0.29) is 11.0 Å². The molecule has 104 valence electrons. The Morgan fingerprint density at radius 1 is 1.40 bits per heavy atom. The van der Waals surface area contributed by atoms with E-state index in [1.165, 1.54) is 4.90 Å². The van der Waals surface area contributed by atoms with Gasteiger partial charge in [0.25, 0.3) is 5.91 Å². The number of benzene rings is 1. The molecule has 0 atom stereocenters. The first-order valence-corrected chi connectivity index (χ1v) is 6.94. The Morgan fingerprint density at radius 3 is 2.50 bits per heavy atom. The van der Waals surface area contributed by atoms with Crippen LogP contribution in [-0.2, 0) is 6.54 Å². The molecule has 0 bridgehead atoms. The van der Waals surface area contributed by atoms with Crippen LogP contribution in [0, 0.1) is 6.92 Å². The molecule has 0 unspecified atom stereocenters. The van der Waals surface area contributed by atoms with Gasteiger partial charge in [0, 0.05) is 6.54 Å². The maximum absolute atomic E-state index is 12.5. The lowest BCUT2D eigenvalue weighted by Gasteiger charge is -2.20. The molecule has 4 N–H and O–H groups in total. The lowest BCUT2D eigenvalue weighted by molar-refractivity contribution is 0.101. The minimum atomic E-state index is -0.328. The molecule has 0 aliphatic rings. The molecular weight excluding hydrogens is 294 g/mol. The summed E-state index contributed by atoms with van der Waals surface area (Å²) in [6, 6.07) is 7.16. The van der Waals surface area contributed by atoms with Crippen LogP contribution in [0.15, 0.2) is 24.3 Å². The molecular formula is C12H13N5OS2. The van der Waals surface area contributed by atoms with E-state index in [4.69, 9.17) is 23.7 Å². The van der Waals surface area contributed by atoms with Gasteiger partial charge in [0.2, 0.25) is 0 Å². The van der Waals surface area contributed by atoms with E-state index in [2.05, 4.69) is 9.59 Å². The van der Waals surface area contributed by atoms with Crippen molar-refractivity contribution in [3.63, 3.8) is 0 Å². The first-order chi connectivity index (χ1) is 9.54. The summed E-state index contributed by atoms with van der Waals surface area (Å²) in [5, 5.41) is 3.80. The van der Waals surface area contributed by atoms with Gasteiger partial charge in [-0.2, -0.15) is 0 Å². The summed E-state index contributed by atoms with van der Waals surface area (Å²) in [4.78, 5) is 14.2. The van der Waals surface area contributed by atoms with Crippen LogP contribution in [-0.4, -0.2) is 20.6 Å². The Balaban J connectivity index is 2.38.